The Labute approximate surface area is 222 Å². The number of hydrogen-bond acceptors (Lipinski definition) is 4. The Morgan fingerprint density at radius 3 is 2.38 bits per heavy atom. The molecule has 0 radical (unpaired) electrons. The Morgan fingerprint density at radius 1 is 1.03 bits per heavy atom. The number of methoxy groups -OCH3 is 1. The maximum Gasteiger partial charge on any atom is 0.416 e. The minimum absolute atomic E-state index is 0.0519. The molecule has 1 heterocycles. The van der Waals surface area contributed by atoms with E-state index < -0.39 is 17.6 Å². The molecule has 4 aromatic rings. The number of benzene rings is 3. The zero-order valence-corrected chi connectivity index (χ0v) is 21.0. The molecule has 1 aromatic heterocycles. The average molecular weight is 535 g/mol. The van der Waals surface area contributed by atoms with Crippen LogP contribution in [0, 0.1) is 0 Å². The summed E-state index contributed by atoms with van der Waals surface area (Å²) in [6.07, 6.45) is -1.24. The maximum absolute atomic E-state index is 13.3. The van der Waals surface area contributed by atoms with Crippen molar-refractivity contribution < 1.29 is 27.5 Å². The third-order valence-electron chi connectivity index (χ3n) is 6.38. The standard InChI is InChI=1S/C29H25F3N4O3/c1-39-24-9-5-8-20(16-24)27(38)35(22-14-15-22)18-26(37)34-28-33-25(19-6-3-2-4-7-19)17-36(28)23-12-10-21(11-13-23)29(30,31)32/h2-13,16-17,22H,14-15,18H2,1H3,(H,33,34,37). The average Bonchev–Trinajstić information content (AvgIpc) is 3.71. The van der Waals surface area contributed by atoms with Crippen molar-refractivity contribution in [1.82, 2.24) is 14.5 Å². The van der Waals surface area contributed by atoms with E-state index in [1.54, 1.807) is 30.5 Å². The molecule has 1 aliphatic rings. The Kier molecular flexibility index (Phi) is 7.10. The third kappa shape index (κ3) is 5.95. The van der Waals surface area contributed by atoms with Crippen molar-refractivity contribution in [2.75, 3.05) is 19.0 Å². The monoisotopic (exact) mass is 534 g/mol. The highest BCUT2D eigenvalue weighted by molar-refractivity contribution is 5.99. The minimum atomic E-state index is -4.47. The smallest absolute Gasteiger partial charge is 0.416 e. The van der Waals surface area contributed by atoms with Crippen LogP contribution in [0.15, 0.2) is 85.1 Å². The first-order chi connectivity index (χ1) is 18.7. The van der Waals surface area contributed by atoms with Crippen molar-refractivity contribution in [2.45, 2.75) is 25.1 Å². The fourth-order valence-electron chi connectivity index (χ4n) is 4.22. The summed E-state index contributed by atoms with van der Waals surface area (Å²) >= 11 is 0. The van der Waals surface area contributed by atoms with Crippen molar-refractivity contribution in [3.63, 3.8) is 0 Å². The molecule has 0 spiro atoms. The van der Waals surface area contributed by atoms with Crippen LogP contribution in [0.2, 0.25) is 0 Å². The van der Waals surface area contributed by atoms with E-state index in [4.69, 9.17) is 4.74 Å². The molecule has 200 valence electrons. The molecule has 0 atom stereocenters. The van der Waals surface area contributed by atoms with Crippen molar-refractivity contribution in [2.24, 2.45) is 0 Å². The van der Waals surface area contributed by atoms with E-state index in [-0.39, 0.29) is 24.4 Å². The van der Waals surface area contributed by atoms with Crippen molar-refractivity contribution in [3.05, 3.63) is 96.2 Å². The van der Waals surface area contributed by atoms with E-state index in [0.717, 1.165) is 30.5 Å². The lowest BCUT2D eigenvalue weighted by atomic mass is 10.2. The van der Waals surface area contributed by atoms with Gasteiger partial charge in [0.1, 0.15) is 12.3 Å². The van der Waals surface area contributed by atoms with Gasteiger partial charge in [0.2, 0.25) is 11.9 Å². The van der Waals surface area contributed by atoms with E-state index in [1.165, 1.54) is 28.7 Å². The third-order valence-corrected chi connectivity index (χ3v) is 6.38. The van der Waals surface area contributed by atoms with Crippen LogP contribution in [-0.4, -0.2) is 46.0 Å². The topological polar surface area (TPSA) is 76.5 Å². The SMILES string of the molecule is COc1cccc(C(=O)N(CC(=O)Nc2nc(-c3ccccc3)cn2-c2ccc(C(F)(F)F)cc2)C2CC2)c1. The van der Waals surface area contributed by atoms with Gasteiger partial charge in [0.15, 0.2) is 0 Å². The Balaban J connectivity index is 1.41. The lowest BCUT2D eigenvalue weighted by Gasteiger charge is -2.22. The molecular formula is C29H25F3N4O3. The molecule has 3 aromatic carbocycles. The van der Waals surface area contributed by atoms with Crippen LogP contribution in [0.3, 0.4) is 0 Å². The molecule has 0 saturated heterocycles. The Bertz CT molecular complexity index is 1480. The first-order valence-corrected chi connectivity index (χ1v) is 12.3. The van der Waals surface area contributed by atoms with Crippen LogP contribution in [0.4, 0.5) is 19.1 Å². The number of halogens is 3. The molecule has 0 aliphatic heterocycles. The van der Waals surface area contributed by atoms with Crippen LogP contribution >= 0.6 is 0 Å². The van der Waals surface area contributed by atoms with Gasteiger partial charge in [0.05, 0.1) is 18.4 Å². The number of ether oxygens (including phenoxy) is 1. The number of rotatable bonds is 8. The molecule has 39 heavy (non-hydrogen) atoms. The number of aromatic nitrogens is 2. The van der Waals surface area contributed by atoms with E-state index in [1.807, 2.05) is 30.3 Å². The second kappa shape index (κ2) is 10.6. The van der Waals surface area contributed by atoms with Gasteiger partial charge in [-0.05, 0) is 55.3 Å². The van der Waals surface area contributed by atoms with E-state index in [0.29, 0.717) is 22.7 Å². The molecule has 1 fully saturated rings. The summed E-state index contributed by atoms with van der Waals surface area (Å²) in [5.41, 5.74) is 1.31. The van der Waals surface area contributed by atoms with E-state index in [2.05, 4.69) is 10.3 Å². The van der Waals surface area contributed by atoms with E-state index in [9.17, 15) is 22.8 Å². The quantitative estimate of drug-likeness (QED) is 0.310. The number of imidazole rings is 1. The molecule has 10 heteroatoms. The fourth-order valence-corrected chi connectivity index (χ4v) is 4.22. The molecule has 1 aliphatic carbocycles. The van der Waals surface area contributed by atoms with Gasteiger partial charge in [0.25, 0.3) is 5.91 Å². The van der Waals surface area contributed by atoms with Crippen LogP contribution in [-0.2, 0) is 11.0 Å². The summed E-state index contributed by atoms with van der Waals surface area (Å²) in [5.74, 6) is -0.102. The van der Waals surface area contributed by atoms with E-state index >= 15 is 0 Å². The van der Waals surface area contributed by atoms with Gasteiger partial charge in [-0.3, -0.25) is 19.5 Å². The fraction of sp³-hybridized carbons (Fsp3) is 0.207. The Hall–Kier alpha value is -4.60. The number of amides is 2. The number of hydrogen-bond donors (Lipinski definition) is 1. The number of carbonyl (C=O) groups is 2. The lowest BCUT2D eigenvalue weighted by Crippen LogP contribution is -2.39. The van der Waals surface area contributed by atoms with Crippen molar-refractivity contribution >= 4 is 17.8 Å². The molecule has 5 rings (SSSR count). The number of alkyl halides is 3. The van der Waals surface area contributed by atoms with Gasteiger partial charge < -0.3 is 9.64 Å². The highest BCUT2D eigenvalue weighted by Crippen LogP contribution is 2.32. The normalized spacial score (nSPS) is 13.1. The van der Waals surface area contributed by atoms with Crippen molar-refractivity contribution in [3.8, 4) is 22.7 Å². The molecule has 1 N–H and O–H groups in total. The van der Waals surface area contributed by atoms with Gasteiger partial charge in [-0.15, -0.1) is 0 Å². The maximum atomic E-state index is 13.3. The minimum Gasteiger partial charge on any atom is -0.497 e. The number of anilines is 1. The summed E-state index contributed by atoms with van der Waals surface area (Å²) in [5, 5.41) is 2.76. The largest absolute Gasteiger partial charge is 0.497 e. The summed E-state index contributed by atoms with van der Waals surface area (Å²) in [6.45, 7) is -0.207. The van der Waals surface area contributed by atoms with Gasteiger partial charge in [-0.25, -0.2) is 4.98 Å². The first kappa shape index (κ1) is 26.0. The van der Waals surface area contributed by atoms with Gasteiger partial charge in [-0.1, -0.05) is 36.4 Å². The molecule has 0 unspecified atom stereocenters. The molecular weight excluding hydrogens is 509 g/mol. The highest BCUT2D eigenvalue weighted by atomic mass is 19.4. The second-order valence-electron chi connectivity index (χ2n) is 9.17. The lowest BCUT2D eigenvalue weighted by molar-refractivity contribution is -0.137. The van der Waals surface area contributed by atoms with Crippen LogP contribution in [0.1, 0.15) is 28.8 Å². The highest BCUT2D eigenvalue weighted by Gasteiger charge is 2.35. The number of nitrogens with zero attached hydrogens (tertiary/aromatic N) is 3. The first-order valence-electron chi connectivity index (χ1n) is 12.3. The number of carbonyl (C=O) groups excluding carboxylic acids is 2. The van der Waals surface area contributed by atoms with Crippen molar-refractivity contribution in [1.29, 1.82) is 0 Å². The predicted octanol–water partition coefficient (Wildman–Crippen LogP) is 5.81. The van der Waals surface area contributed by atoms with Gasteiger partial charge >= 0.3 is 6.18 Å². The van der Waals surface area contributed by atoms with Crippen LogP contribution in [0.25, 0.3) is 16.9 Å². The molecule has 7 nitrogen and oxygen atoms in total. The molecule has 2 amide bonds. The molecule has 0 bridgehead atoms. The second-order valence-corrected chi connectivity index (χ2v) is 9.17. The number of nitrogens with one attached hydrogen (secondary N) is 1. The summed E-state index contributed by atoms with van der Waals surface area (Å²) < 4.78 is 46.1. The van der Waals surface area contributed by atoms with Gasteiger partial charge in [-0.2, -0.15) is 13.2 Å². The zero-order valence-electron chi connectivity index (χ0n) is 21.0. The summed E-state index contributed by atoms with van der Waals surface area (Å²) in [4.78, 5) is 32.5. The van der Waals surface area contributed by atoms with Gasteiger partial charge in [0, 0.05) is 29.1 Å². The zero-order chi connectivity index (χ0) is 27.6. The van der Waals surface area contributed by atoms with Crippen LogP contribution < -0.4 is 10.1 Å². The predicted molar refractivity (Wildman–Crippen MR) is 140 cm³/mol. The molecule has 1 saturated carbocycles. The Morgan fingerprint density at radius 2 is 1.74 bits per heavy atom. The summed E-state index contributed by atoms with van der Waals surface area (Å²) in [6, 6.07) is 20.5. The summed E-state index contributed by atoms with van der Waals surface area (Å²) in [7, 11) is 1.51. The van der Waals surface area contributed by atoms with Crippen LogP contribution in [0.5, 0.6) is 5.75 Å².